The summed E-state index contributed by atoms with van der Waals surface area (Å²) in [6, 6.07) is 0. The van der Waals surface area contributed by atoms with Crippen LogP contribution in [0.2, 0.25) is 0 Å². The van der Waals surface area contributed by atoms with Crippen molar-refractivity contribution in [3.63, 3.8) is 0 Å². The van der Waals surface area contributed by atoms with Gasteiger partial charge in [-0.25, -0.2) is 9.55 Å². The van der Waals surface area contributed by atoms with Gasteiger partial charge in [-0.2, -0.15) is 0 Å². The summed E-state index contributed by atoms with van der Waals surface area (Å²) in [6.07, 6.45) is 6.39. The third kappa shape index (κ3) is 2.81. The maximum atomic E-state index is 3.20. The van der Waals surface area contributed by atoms with E-state index < -0.39 is 0 Å². The van der Waals surface area contributed by atoms with Crippen molar-refractivity contribution in [2.45, 2.75) is 33.2 Å². The van der Waals surface area contributed by atoms with Crippen LogP contribution in [0.5, 0.6) is 0 Å². The SMILES string of the molecule is CCC[n+]1cc[nH]c1CC.[I-]. The summed E-state index contributed by atoms with van der Waals surface area (Å²) in [5.74, 6) is 1.32. The minimum absolute atomic E-state index is 0. The van der Waals surface area contributed by atoms with Gasteiger partial charge in [-0.15, -0.1) is 0 Å². The molecule has 0 atom stereocenters. The van der Waals surface area contributed by atoms with Crippen molar-refractivity contribution >= 4 is 0 Å². The standard InChI is InChI=1S/C8H14N2.HI/c1-3-6-10-7-5-9-8(10)4-2;/h5,7H,3-4,6H2,1-2H3;1H. The first-order chi connectivity index (χ1) is 4.88. The molecule has 1 N–H and O–H groups in total. The number of imidazole rings is 1. The zero-order chi connectivity index (χ0) is 7.40. The highest BCUT2D eigenvalue weighted by Gasteiger charge is 2.04. The van der Waals surface area contributed by atoms with E-state index in [2.05, 4.69) is 29.6 Å². The Morgan fingerprint density at radius 3 is 2.73 bits per heavy atom. The lowest BCUT2D eigenvalue weighted by atomic mass is 10.4. The Labute approximate surface area is 85.0 Å². The van der Waals surface area contributed by atoms with E-state index in [9.17, 15) is 0 Å². The van der Waals surface area contributed by atoms with Crippen LogP contribution < -0.4 is 28.5 Å². The van der Waals surface area contributed by atoms with Crippen molar-refractivity contribution < 1.29 is 28.5 Å². The number of H-pyrrole nitrogens is 1. The molecule has 0 bridgehead atoms. The summed E-state index contributed by atoms with van der Waals surface area (Å²) in [6.45, 7) is 5.49. The predicted octanol–water partition coefficient (Wildman–Crippen LogP) is -1.72. The molecule has 1 heterocycles. The highest BCUT2D eigenvalue weighted by atomic mass is 127. The van der Waals surface area contributed by atoms with Crippen molar-refractivity contribution in [2.24, 2.45) is 0 Å². The zero-order valence-corrected chi connectivity index (χ0v) is 9.26. The molecule has 0 unspecified atom stereocenters. The fourth-order valence-corrected chi connectivity index (χ4v) is 1.15. The number of rotatable bonds is 3. The number of nitrogens with zero attached hydrogens (tertiary/aromatic N) is 1. The molecule has 0 amide bonds. The zero-order valence-electron chi connectivity index (χ0n) is 7.10. The highest BCUT2D eigenvalue weighted by Crippen LogP contribution is 1.87. The topological polar surface area (TPSA) is 19.7 Å². The quantitative estimate of drug-likeness (QED) is 0.496. The fraction of sp³-hybridized carbons (Fsp3) is 0.625. The number of halogens is 1. The minimum atomic E-state index is 0. The Balaban J connectivity index is 0.000001000. The van der Waals surface area contributed by atoms with Crippen LogP contribution in [0.1, 0.15) is 26.1 Å². The maximum absolute atomic E-state index is 3.20. The third-order valence-electron chi connectivity index (χ3n) is 1.65. The first kappa shape index (κ1) is 10.9. The lowest BCUT2D eigenvalue weighted by Gasteiger charge is -1.93. The molecule has 0 aliphatic carbocycles. The Morgan fingerprint density at radius 2 is 2.18 bits per heavy atom. The van der Waals surface area contributed by atoms with E-state index in [1.54, 1.807) is 0 Å². The molecule has 1 aromatic rings. The number of hydrogen-bond acceptors (Lipinski definition) is 0. The number of nitrogens with one attached hydrogen (secondary N) is 1. The summed E-state index contributed by atoms with van der Waals surface area (Å²) in [4.78, 5) is 3.20. The van der Waals surface area contributed by atoms with E-state index in [1.807, 2.05) is 6.20 Å². The molecule has 2 nitrogen and oxygen atoms in total. The Bertz CT molecular complexity index is 196. The van der Waals surface area contributed by atoms with Gasteiger partial charge < -0.3 is 24.0 Å². The minimum Gasteiger partial charge on any atom is -1.00 e. The van der Waals surface area contributed by atoms with Crippen LogP contribution in [0.15, 0.2) is 12.4 Å². The monoisotopic (exact) mass is 266 g/mol. The molecule has 0 aromatic carbocycles. The summed E-state index contributed by atoms with van der Waals surface area (Å²) in [5.41, 5.74) is 0. The van der Waals surface area contributed by atoms with Crippen LogP contribution in [0.4, 0.5) is 0 Å². The molecule has 0 aliphatic heterocycles. The molecule has 3 heteroatoms. The number of aromatic nitrogens is 2. The van der Waals surface area contributed by atoms with Crippen LogP contribution in [0, 0.1) is 0 Å². The normalized spacial score (nSPS) is 9.27. The Kier molecular flexibility index (Phi) is 5.54. The van der Waals surface area contributed by atoms with E-state index in [4.69, 9.17) is 0 Å². The van der Waals surface area contributed by atoms with Gasteiger partial charge in [0.05, 0.1) is 6.54 Å². The Hall–Kier alpha value is -0.0600. The average Bonchev–Trinajstić information content (AvgIpc) is 2.36. The van der Waals surface area contributed by atoms with E-state index >= 15 is 0 Å². The molecule has 1 aromatic heterocycles. The molecular formula is C8H15IN2. The average molecular weight is 266 g/mol. The molecule has 11 heavy (non-hydrogen) atoms. The van der Waals surface area contributed by atoms with Gasteiger partial charge in [0.2, 0.25) is 0 Å². The van der Waals surface area contributed by atoms with Crippen LogP contribution in [0.3, 0.4) is 0 Å². The number of aromatic amines is 1. The molecule has 0 radical (unpaired) electrons. The Morgan fingerprint density at radius 1 is 1.45 bits per heavy atom. The van der Waals surface area contributed by atoms with Gasteiger partial charge >= 0.3 is 0 Å². The molecular weight excluding hydrogens is 251 g/mol. The van der Waals surface area contributed by atoms with E-state index in [1.165, 1.54) is 12.2 Å². The van der Waals surface area contributed by atoms with Gasteiger partial charge in [-0.3, -0.25) is 0 Å². The van der Waals surface area contributed by atoms with Gasteiger partial charge in [0.1, 0.15) is 12.4 Å². The predicted molar refractivity (Wildman–Crippen MR) is 40.7 cm³/mol. The number of hydrogen-bond donors (Lipinski definition) is 1. The second-order valence-corrected chi connectivity index (χ2v) is 2.45. The largest absolute Gasteiger partial charge is 1.00 e. The smallest absolute Gasteiger partial charge is 0.253 e. The van der Waals surface area contributed by atoms with E-state index in [0.29, 0.717) is 0 Å². The lowest BCUT2D eigenvalue weighted by Crippen LogP contribution is -3.00. The summed E-state index contributed by atoms with van der Waals surface area (Å²) in [5, 5.41) is 0. The lowest BCUT2D eigenvalue weighted by molar-refractivity contribution is -0.702. The molecule has 0 spiro atoms. The highest BCUT2D eigenvalue weighted by molar-refractivity contribution is 4.74. The number of aryl methyl sites for hydroxylation is 2. The van der Waals surface area contributed by atoms with Crippen LogP contribution >= 0.6 is 0 Å². The van der Waals surface area contributed by atoms with Crippen molar-refractivity contribution in [3.05, 3.63) is 18.2 Å². The second kappa shape index (κ2) is 5.57. The van der Waals surface area contributed by atoms with Crippen molar-refractivity contribution in [2.75, 3.05) is 0 Å². The molecule has 0 saturated heterocycles. The van der Waals surface area contributed by atoms with Gasteiger partial charge in [-0.05, 0) is 6.42 Å². The van der Waals surface area contributed by atoms with Crippen LogP contribution in [-0.2, 0) is 13.0 Å². The van der Waals surface area contributed by atoms with Crippen molar-refractivity contribution in [3.8, 4) is 0 Å². The molecule has 0 fully saturated rings. The third-order valence-corrected chi connectivity index (χ3v) is 1.65. The van der Waals surface area contributed by atoms with Crippen LogP contribution in [-0.4, -0.2) is 4.98 Å². The van der Waals surface area contributed by atoms with Gasteiger partial charge in [0.25, 0.3) is 5.82 Å². The second-order valence-electron chi connectivity index (χ2n) is 2.45. The van der Waals surface area contributed by atoms with E-state index in [0.717, 1.165) is 13.0 Å². The summed E-state index contributed by atoms with van der Waals surface area (Å²) < 4.78 is 2.26. The fourth-order valence-electron chi connectivity index (χ4n) is 1.15. The van der Waals surface area contributed by atoms with Crippen molar-refractivity contribution in [1.82, 2.24) is 4.98 Å². The van der Waals surface area contributed by atoms with Crippen LogP contribution in [0.25, 0.3) is 0 Å². The summed E-state index contributed by atoms with van der Waals surface area (Å²) >= 11 is 0. The first-order valence-electron chi connectivity index (χ1n) is 3.94. The first-order valence-corrected chi connectivity index (χ1v) is 3.94. The molecule has 1 rings (SSSR count). The van der Waals surface area contributed by atoms with Crippen molar-refractivity contribution in [1.29, 1.82) is 0 Å². The van der Waals surface area contributed by atoms with Gasteiger partial charge in [0.15, 0.2) is 0 Å². The van der Waals surface area contributed by atoms with Gasteiger partial charge in [0, 0.05) is 6.42 Å². The molecule has 0 aliphatic rings. The van der Waals surface area contributed by atoms with Gasteiger partial charge in [-0.1, -0.05) is 13.8 Å². The summed E-state index contributed by atoms with van der Waals surface area (Å²) in [7, 11) is 0. The molecule has 64 valence electrons. The molecule has 0 saturated carbocycles. The van der Waals surface area contributed by atoms with E-state index in [-0.39, 0.29) is 24.0 Å². The maximum Gasteiger partial charge on any atom is 0.253 e.